The van der Waals surface area contributed by atoms with Gasteiger partial charge in [-0.15, -0.1) is 11.6 Å². The molecule has 2 nitrogen and oxygen atoms in total. The molecular weight excluding hydrogens is 275 g/mol. The van der Waals surface area contributed by atoms with Crippen molar-refractivity contribution in [2.75, 3.05) is 5.88 Å². The number of halogens is 2. The summed E-state index contributed by atoms with van der Waals surface area (Å²) in [5, 5.41) is 0. The Morgan fingerprint density at radius 1 is 1.25 bits per heavy atom. The molecule has 0 saturated heterocycles. The summed E-state index contributed by atoms with van der Waals surface area (Å²) in [4.78, 5) is 4.47. The lowest BCUT2D eigenvalue weighted by molar-refractivity contribution is 0.319. The summed E-state index contributed by atoms with van der Waals surface area (Å²) in [6, 6.07) is 5.21. The van der Waals surface area contributed by atoms with Gasteiger partial charge in [-0.05, 0) is 30.9 Å². The second-order valence-electron chi connectivity index (χ2n) is 5.69. The molecule has 0 spiro atoms. The van der Waals surface area contributed by atoms with Crippen LogP contribution in [0.5, 0.6) is 0 Å². The van der Waals surface area contributed by atoms with E-state index in [2.05, 4.69) is 9.55 Å². The van der Waals surface area contributed by atoms with Crippen LogP contribution in [0.25, 0.3) is 11.0 Å². The lowest BCUT2D eigenvalue weighted by Gasteiger charge is -2.23. The van der Waals surface area contributed by atoms with Crippen LogP contribution < -0.4 is 0 Å². The van der Waals surface area contributed by atoms with Crippen LogP contribution in [0.3, 0.4) is 0 Å². The Morgan fingerprint density at radius 2 is 2.05 bits per heavy atom. The van der Waals surface area contributed by atoms with Crippen molar-refractivity contribution in [1.29, 1.82) is 0 Å². The van der Waals surface area contributed by atoms with Crippen molar-refractivity contribution >= 4 is 22.6 Å². The van der Waals surface area contributed by atoms with E-state index in [-0.39, 0.29) is 5.82 Å². The van der Waals surface area contributed by atoms with E-state index in [0.717, 1.165) is 17.9 Å². The Labute approximate surface area is 123 Å². The van der Waals surface area contributed by atoms with Gasteiger partial charge in [0, 0.05) is 18.8 Å². The second-order valence-corrected chi connectivity index (χ2v) is 6.07. The third-order valence-electron chi connectivity index (χ3n) is 4.29. The van der Waals surface area contributed by atoms with Gasteiger partial charge in [-0.2, -0.15) is 0 Å². The molecule has 1 saturated carbocycles. The lowest BCUT2D eigenvalue weighted by Crippen LogP contribution is -2.16. The first-order valence-corrected chi connectivity index (χ1v) is 8.02. The Hall–Kier alpha value is -1.09. The molecule has 0 bridgehead atoms. The Kier molecular flexibility index (Phi) is 4.25. The van der Waals surface area contributed by atoms with E-state index >= 15 is 0 Å². The molecule has 4 heteroatoms. The predicted molar refractivity (Wildman–Crippen MR) is 80.7 cm³/mol. The maximum absolute atomic E-state index is 13.9. The van der Waals surface area contributed by atoms with Crippen LogP contribution in [0.4, 0.5) is 4.39 Å². The molecule has 0 aliphatic heterocycles. The zero-order chi connectivity index (χ0) is 13.9. The minimum absolute atomic E-state index is 0.235. The number of hydrogen-bond donors (Lipinski definition) is 0. The van der Waals surface area contributed by atoms with E-state index in [0.29, 0.717) is 23.7 Å². The normalized spacial score (nSPS) is 16.9. The fourth-order valence-corrected chi connectivity index (χ4v) is 3.44. The number of alkyl halides is 1. The standard InChI is InChI=1S/C16H20ClFN2/c17-10-9-15-19-16-13(18)7-4-8-14(16)20(15)11-12-5-2-1-3-6-12/h4,7-8,12H,1-3,5-6,9-11H2. The Balaban J connectivity index is 1.97. The van der Waals surface area contributed by atoms with Crippen molar-refractivity contribution in [3.63, 3.8) is 0 Å². The smallest absolute Gasteiger partial charge is 0.151 e. The van der Waals surface area contributed by atoms with Crippen LogP contribution in [0.15, 0.2) is 18.2 Å². The molecule has 1 aliphatic rings. The number of para-hydroxylation sites is 1. The average Bonchev–Trinajstić information content (AvgIpc) is 2.81. The molecule has 1 aliphatic carbocycles. The number of imidazole rings is 1. The number of hydrogen-bond acceptors (Lipinski definition) is 1. The summed E-state index contributed by atoms with van der Waals surface area (Å²) in [7, 11) is 0. The number of aromatic nitrogens is 2. The van der Waals surface area contributed by atoms with E-state index in [1.807, 2.05) is 6.07 Å². The molecule has 0 radical (unpaired) electrons. The second kappa shape index (κ2) is 6.13. The predicted octanol–water partition coefficient (Wildman–Crippen LogP) is 4.54. The van der Waals surface area contributed by atoms with Gasteiger partial charge in [-0.3, -0.25) is 0 Å². The van der Waals surface area contributed by atoms with Gasteiger partial charge in [0.2, 0.25) is 0 Å². The summed E-state index contributed by atoms with van der Waals surface area (Å²) < 4.78 is 16.1. The van der Waals surface area contributed by atoms with Gasteiger partial charge in [0.05, 0.1) is 5.52 Å². The van der Waals surface area contributed by atoms with Gasteiger partial charge in [0.15, 0.2) is 5.82 Å². The van der Waals surface area contributed by atoms with Crippen LogP contribution in [-0.2, 0) is 13.0 Å². The highest BCUT2D eigenvalue weighted by molar-refractivity contribution is 6.17. The summed E-state index contributed by atoms with van der Waals surface area (Å²) in [6.45, 7) is 0.951. The third kappa shape index (κ3) is 2.69. The van der Waals surface area contributed by atoms with Crippen molar-refractivity contribution in [3.05, 3.63) is 29.8 Å². The van der Waals surface area contributed by atoms with Gasteiger partial charge in [-0.25, -0.2) is 9.37 Å². The third-order valence-corrected chi connectivity index (χ3v) is 4.48. The van der Waals surface area contributed by atoms with Gasteiger partial charge < -0.3 is 4.57 Å². The molecule has 20 heavy (non-hydrogen) atoms. The van der Waals surface area contributed by atoms with E-state index in [4.69, 9.17) is 11.6 Å². The van der Waals surface area contributed by atoms with Crippen LogP contribution in [0, 0.1) is 11.7 Å². The summed E-state index contributed by atoms with van der Waals surface area (Å²) >= 11 is 5.87. The quantitative estimate of drug-likeness (QED) is 0.757. The number of fused-ring (bicyclic) bond motifs is 1. The maximum atomic E-state index is 13.9. The average molecular weight is 295 g/mol. The van der Waals surface area contributed by atoms with Gasteiger partial charge in [-0.1, -0.05) is 25.3 Å². The molecule has 1 heterocycles. The zero-order valence-corrected chi connectivity index (χ0v) is 12.4. The minimum Gasteiger partial charge on any atom is -0.328 e. The molecule has 0 N–H and O–H groups in total. The van der Waals surface area contributed by atoms with Gasteiger partial charge in [0.25, 0.3) is 0 Å². The molecule has 0 unspecified atom stereocenters. The molecule has 2 aromatic rings. The van der Waals surface area contributed by atoms with E-state index in [1.165, 1.54) is 38.2 Å². The highest BCUT2D eigenvalue weighted by atomic mass is 35.5. The van der Waals surface area contributed by atoms with Crippen molar-refractivity contribution in [2.45, 2.75) is 45.1 Å². The summed E-state index contributed by atoms with van der Waals surface area (Å²) in [6.07, 6.45) is 7.23. The van der Waals surface area contributed by atoms with E-state index < -0.39 is 0 Å². The number of benzene rings is 1. The Bertz CT molecular complexity index is 587. The van der Waals surface area contributed by atoms with Crippen molar-refractivity contribution in [2.24, 2.45) is 5.92 Å². The monoisotopic (exact) mass is 294 g/mol. The first-order valence-electron chi connectivity index (χ1n) is 7.49. The van der Waals surface area contributed by atoms with Gasteiger partial charge in [0.1, 0.15) is 11.3 Å². The van der Waals surface area contributed by atoms with Crippen LogP contribution in [0.2, 0.25) is 0 Å². The SMILES string of the molecule is Fc1cccc2c1nc(CCCl)n2CC1CCCCC1. The molecule has 1 aromatic heterocycles. The van der Waals surface area contributed by atoms with Crippen LogP contribution >= 0.6 is 11.6 Å². The number of rotatable bonds is 4. The van der Waals surface area contributed by atoms with Crippen molar-refractivity contribution < 1.29 is 4.39 Å². The first kappa shape index (κ1) is 13.9. The number of nitrogens with zero attached hydrogens (tertiary/aromatic N) is 2. The Morgan fingerprint density at radius 3 is 2.80 bits per heavy atom. The molecule has 3 rings (SSSR count). The number of aryl methyl sites for hydroxylation is 1. The highest BCUT2D eigenvalue weighted by Crippen LogP contribution is 2.28. The lowest BCUT2D eigenvalue weighted by atomic mass is 9.89. The van der Waals surface area contributed by atoms with Gasteiger partial charge >= 0.3 is 0 Å². The fraction of sp³-hybridized carbons (Fsp3) is 0.562. The minimum atomic E-state index is -0.235. The zero-order valence-electron chi connectivity index (χ0n) is 11.6. The van der Waals surface area contributed by atoms with E-state index in [1.54, 1.807) is 6.07 Å². The van der Waals surface area contributed by atoms with E-state index in [9.17, 15) is 4.39 Å². The fourth-order valence-electron chi connectivity index (χ4n) is 3.27. The maximum Gasteiger partial charge on any atom is 0.151 e. The first-order chi connectivity index (χ1) is 9.79. The molecular formula is C16H20ClFN2. The highest BCUT2D eigenvalue weighted by Gasteiger charge is 2.19. The molecule has 1 fully saturated rings. The summed E-state index contributed by atoms with van der Waals surface area (Å²) in [5.41, 5.74) is 1.40. The molecule has 108 valence electrons. The van der Waals surface area contributed by atoms with Crippen LogP contribution in [-0.4, -0.2) is 15.4 Å². The topological polar surface area (TPSA) is 17.8 Å². The van der Waals surface area contributed by atoms with Crippen molar-refractivity contribution in [1.82, 2.24) is 9.55 Å². The van der Waals surface area contributed by atoms with Crippen molar-refractivity contribution in [3.8, 4) is 0 Å². The largest absolute Gasteiger partial charge is 0.328 e. The molecule has 0 amide bonds. The summed E-state index contributed by atoms with van der Waals surface area (Å²) in [5.74, 6) is 1.90. The molecule has 0 atom stereocenters. The molecule has 1 aromatic carbocycles. The van der Waals surface area contributed by atoms with Crippen LogP contribution in [0.1, 0.15) is 37.9 Å².